The number of hydrogen-bond donors (Lipinski definition) is 1. The molecular formula is C17H18N2O5S. The number of methoxy groups -OCH3 is 1. The van der Waals surface area contributed by atoms with Crippen LogP contribution in [-0.4, -0.2) is 35.2 Å². The van der Waals surface area contributed by atoms with E-state index < -0.39 is 16.1 Å². The number of ether oxygens (including phenoxy) is 1. The molecule has 0 radical (unpaired) electrons. The maximum absolute atomic E-state index is 11.9. The molecule has 7 nitrogen and oxygen atoms in total. The number of fused-ring (bicyclic) bond motifs is 3. The molecule has 1 N–H and O–H groups in total. The Morgan fingerprint density at radius 2 is 1.92 bits per heavy atom. The molecule has 0 spiro atoms. The average Bonchev–Trinajstić information content (AvgIpc) is 2.99. The van der Waals surface area contributed by atoms with Gasteiger partial charge in [-0.1, -0.05) is 0 Å². The Bertz CT molecular complexity index is 1060. The zero-order valence-electron chi connectivity index (χ0n) is 14.1. The summed E-state index contributed by atoms with van der Waals surface area (Å²) in [7, 11) is -0.855. The molecule has 8 heteroatoms. The number of hydrogen-bond acceptors (Lipinski definition) is 5. The van der Waals surface area contributed by atoms with Crippen LogP contribution in [0.5, 0.6) is 0 Å². The molecule has 0 aliphatic rings. The minimum atomic E-state index is -3.55. The van der Waals surface area contributed by atoms with Gasteiger partial charge in [0.15, 0.2) is 0 Å². The van der Waals surface area contributed by atoms with Crippen LogP contribution in [0, 0.1) is 0 Å². The van der Waals surface area contributed by atoms with Crippen LogP contribution in [0.3, 0.4) is 0 Å². The molecule has 3 aromatic rings. The van der Waals surface area contributed by atoms with Crippen molar-refractivity contribution < 1.29 is 22.4 Å². The lowest BCUT2D eigenvalue weighted by molar-refractivity contribution is 0.179. The molecule has 0 atom stereocenters. The number of nitrogens with zero attached hydrogens (tertiary/aromatic N) is 1. The number of amides is 1. The van der Waals surface area contributed by atoms with Crippen molar-refractivity contribution in [1.29, 1.82) is 0 Å². The Hall–Kier alpha value is -2.58. The topological polar surface area (TPSA) is 88.9 Å². The van der Waals surface area contributed by atoms with E-state index in [9.17, 15) is 13.2 Å². The Labute approximate surface area is 145 Å². The molecule has 0 fully saturated rings. The van der Waals surface area contributed by atoms with Gasteiger partial charge < -0.3 is 9.15 Å². The molecule has 1 amide bonds. The number of furan rings is 1. The molecular weight excluding hydrogens is 344 g/mol. The molecule has 3 rings (SSSR count). The van der Waals surface area contributed by atoms with Gasteiger partial charge in [-0.15, -0.1) is 0 Å². The van der Waals surface area contributed by atoms with Gasteiger partial charge in [0.2, 0.25) is 10.0 Å². The highest BCUT2D eigenvalue weighted by Crippen LogP contribution is 2.33. The summed E-state index contributed by atoms with van der Waals surface area (Å²) in [6, 6.07) is 10.0. The van der Waals surface area contributed by atoms with Crippen LogP contribution in [0.25, 0.3) is 21.9 Å². The van der Waals surface area contributed by atoms with E-state index in [-0.39, 0.29) is 4.90 Å². The van der Waals surface area contributed by atoms with E-state index in [0.717, 1.165) is 10.8 Å². The molecule has 25 heavy (non-hydrogen) atoms. The lowest BCUT2D eigenvalue weighted by Gasteiger charge is -2.19. The Morgan fingerprint density at radius 3 is 2.56 bits per heavy atom. The highest BCUT2D eigenvalue weighted by molar-refractivity contribution is 7.89. The van der Waals surface area contributed by atoms with Crippen molar-refractivity contribution >= 4 is 43.7 Å². The molecule has 1 heterocycles. The second kappa shape index (κ2) is 6.38. The number of carbonyl (C=O) groups excluding carboxylic acids is 1. The van der Waals surface area contributed by atoms with E-state index in [1.54, 1.807) is 18.2 Å². The van der Waals surface area contributed by atoms with E-state index in [2.05, 4.69) is 4.72 Å². The van der Waals surface area contributed by atoms with Crippen molar-refractivity contribution in [2.75, 3.05) is 25.6 Å². The van der Waals surface area contributed by atoms with Crippen molar-refractivity contribution in [1.82, 2.24) is 4.72 Å². The molecule has 0 saturated heterocycles. The predicted octanol–water partition coefficient (Wildman–Crippen LogP) is 3.09. The van der Waals surface area contributed by atoms with E-state index in [4.69, 9.17) is 9.15 Å². The number of carbonyl (C=O) groups is 1. The van der Waals surface area contributed by atoms with Crippen LogP contribution >= 0.6 is 0 Å². The van der Waals surface area contributed by atoms with Crippen molar-refractivity contribution in [3.8, 4) is 0 Å². The highest BCUT2D eigenvalue weighted by atomic mass is 32.2. The number of nitrogens with one attached hydrogen (secondary N) is 1. The van der Waals surface area contributed by atoms with Crippen LogP contribution in [0.1, 0.15) is 6.92 Å². The lowest BCUT2D eigenvalue weighted by atomic mass is 10.1. The first-order valence-electron chi connectivity index (χ1n) is 7.66. The van der Waals surface area contributed by atoms with Gasteiger partial charge in [-0.3, -0.25) is 4.90 Å². The van der Waals surface area contributed by atoms with Gasteiger partial charge in [0.05, 0.1) is 12.0 Å². The van der Waals surface area contributed by atoms with Gasteiger partial charge in [-0.2, -0.15) is 0 Å². The molecule has 2 aromatic carbocycles. The first kappa shape index (κ1) is 17.2. The second-order valence-corrected chi connectivity index (χ2v) is 7.25. The molecule has 1 aromatic heterocycles. The van der Waals surface area contributed by atoms with E-state index in [1.807, 2.05) is 13.0 Å². The third-order valence-corrected chi connectivity index (χ3v) is 5.44. The summed E-state index contributed by atoms with van der Waals surface area (Å²) in [5.74, 6) is 0. The zero-order valence-corrected chi connectivity index (χ0v) is 14.9. The summed E-state index contributed by atoms with van der Waals surface area (Å²) in [5, 5.41) is 1.57. The Kier molecular flexibility index (Phi) is 4.40. The fraction of sp³-hybridized carbons (Fsp3) is 0.235. The van der Waals surface area contributed by atoms with Gasteiger partial charge in [0.1, 0.15) is 11.2 Å². The van der Waals surface area contributed by atoms with Crippen LogP contribution in [0.15, 0.2) is 45.7 Å². The Morgan fingerprint density at radius 1 is 1.16 bits per heavy atom. The van der Waals surface area contributed by atoms with Gasteiger partial charge >= 0.3 is 6.09 Å². The standard InChI is InChI=1S/C17H18N2O5S/c1-4-19(17(20)23-3)11-5-8-15-14(9-11)13-7-6-12(10-16(13)24-15)25(21,22)18-2/h5-10,18H,4H2,1-3H3. The SMILES string of the molecule is CCN(C(=O)OC)c1ccc2oc3cc(S(=O)(=O)NC)ccc3c2c1. The molecule has 132 valence electrons. The van der Waals surface area contributed by atoms with Crippen molar-refractivity contribution in [3.05, 3.63) is 36.4 Å². The second-order valence-electron chi connectivity index (χ2n) is 5.36. The van der Waals surface area contributed by atoms with Gasteiger partial charge in [-0.25, -0.2) is 17.9 Å². The van der Waals surface area contributed by atoms with Crippen LogP contribution < -0.4 is 9.62 Å². The van der Waals surface area contributed by atoms with Crippen molar-refractivity contribution in [2.45, 2.75) is 11.8 Å². The Balaban J connectivity index is 2.17. The maximum Gasteiger partial charge on any atom is 0.413 e. The van der Waals surface area contributed by atoms with Gasteiger partial charge in [-0.05, 0) is 44.3 Å². The third-order valence-electron chi connectivity index (χ3n) is 4.03. The molecule has 0 aliphatic carbocycles. The van der Waals surface area contributed by atoms with Crippen LogP contribution in [0.4, 0.5) is 10.5 Å². The fourth-order valence-electron chi connectivity index (χ4n) is 2.73. The maximum atomic E-state index is 11.9. The molecule has 0 aliphatic heterocycles. The number of anilines is 1. The largest absolute Gasteiger partial charge is 0.456 e. The smallest absolute Gasteiger partial charge is 0.413 e. The van der Waals surface area contributed by atoms with Crippen molar-refractivity contribution in [3.63, 3.8) is 0 Å². The lowest BCUT2D eigenvalue weighted by Crippen LogP contribution is -2.30. The summed E-state index contributed by atoms with van der Waals surface area (Å²) in [5.41, 5.74) is 1.75. The first-order valence-corrected chi connectivity index (χ1v) is 9.15. The first-order chi connectivity index (χ1) is 11.9. The number of benzene rings is 2. The highest BCUT2D eigenvalue weighted by Gasteiger charge is 2.18. The van der Waals surface area contributed by atoms with Crippen LogP contribution in [0.2, 0.25) is 0 Å². The zero-order chi connectivity index (χ0) is 18.2. The van der Waals surface area contributed by atoms with Crippen molar-refractivity contribution in [2.24, 2.45) is 0 Å². The molecule has 0 bridgehead atoms. The van der Waals surface area contributed by atoms with Crippen LogP contribution in [-0.2, 0) is 14.8 Å². The summed E-state index contributed by atoms with van der Waals surface area (Å²) >= 11 is 0. The predicted molar refractivity (Wildman–Crippen MR) is 95.4 cm³/mol. The summed E-state index contributed by atoms with van der Waals surface area (Å²) in [4.78, 5) is 13.5. The minimum absolute atomic E-state index is 0.131. The van der Waals surface area contributed by atoms with Gasteiger partial charge in [0, 0.05) is 29.1 Å². The monoisotopic (exact) mass is 362 g/mol. The molecule has 0 saturated carbocycles. The molecule has 0 unspecified atom stereocenters. The average molecular weight is 362 g/mol. The quantitative estimate of drug-likeness (QED) is 0.770. The van der Waals surface area contributed by atoms with E-state index in [1.165, 1.54) is 31.2 Å². The minimum Gasteiger partial charge on any atom is -0.456 e. The van der Waals surface area contributed by atoms with E-state index in [0.29, 0.717) is 23.4 Å². The fourth-order valence-corrected chi connectivity index (χ4v) is 3.47. The summed E-state index contributed by atoms with van der Waals surface area (Å²) in [6.45, 7) is 2.31. The summed E-state index contributed by atoms with van der Waals surface area (Å²) < 4.78 is 36.7. The normalized spacial score (nSPS) is 11.8. The third kappa shape index (κ3) is 2.94. The van der Waals surface area contributed by atoms with Gasteiger partial charge in [0.25, 0.3) is 0 Å². The number of rotatable bonds is 4. The summed E-state index contributed by atoms with van der Waals surface area (Å²) in [6.07, 6.45) is -0.447. The van der Waals surface area contributed by atoms with E-state index >= 15 is 0 Å². The number of sulfonamides is 1.